The summed E-state index contributed by atoms with van der Waals surface area (Å²) in [4.78, 5) is 0. The fourth-order valence-electron chi connectivity index (χ4n) is 1.62. The molecule has 0 aromatic rings. The molecule has 110 valence electrons. The Labute approximate surface area is 118 Å². The van der Waals surface area contributed by atoms with Crippen molar-refractivity contribution < 1.29 is 8.42 Å². The van der Waals surface area contributed by atoms with Crippen LogP contribution < -0.4 is 5.32 Å². The van der Waals surface area contributed by atoms with Gasteiger partial charge in [-0.15, -0.1) is 11.6 Å². The van der Waals surface area contributed by atoms with Gasteiger partial charge in [0.1, 0.15) is 0 Å². The van der Waals surface area contributed by atoms with E-state index in [2.05, 4.69) is 26.1 Å². The molecule has 0 amide bonds. The molecule has 0 rings (SSSR count). The van der Waals surface area contributed by atoms with E-state index in [-0.39, 0.29) is 17.2 Å². The van der Waals surface area contributed by atoms with Crippen molar-refractivity contribution in [3.05, 3.63) is 0 Å². The molecule has 0 radical (unpaired) electrons. The van der Waals surface area contributed by atoms with Gasteiger partial charge in [-0.25, -0.2) is 8.42 Å². The standard InChI is InChI=1S/C13H28ClNO2S/c1-12(2,3)11(7-8-14)15-9-10-18(16,17)13(4,5)6/h11,15H,7-10H2,1-6H3. The van der Waals surface area contributed by atoms with E-state index in [9.17, 15) is 8.42 Å². The average Bonchev–Trinajstić information content (AvgIpc) is 2.12. The first-order valence-electron chi connectivity index (χ1n) is 6.43. The van der Waals surface area contributed by atoms with Crippen molar-refractivity contribution in [1.82, 2.24) is 5.32 Å². The molecule has 1 unspecified atom stereocenters. The molecule has 1 atom stereocenters. The summed E-state index contributed by atoms with van der Waals surface area (Å²) < 4.78 is 23.3. The summed E-state index contributed by atoms with van der Waals surface area (Å²) in [5.41, 5.74) is 0.0837. The van der Waals surface area contributed by atoms with Crippen molar-refractivity contribution in [2.24, 2.45) is 5.41 Å². The lowest BCUT2D eigenvalue weighted by atomic mass is 9.85. The molecule has 0 saturated carbocycles. The zero-order chi connectivity index (χ0) is 14.6. The van der Waals surface area contributed by atoms with Crippen molar-refractivity contribution in [1.29, 1.82) is 0 Å². The Morgan fingerprint density at radius 1 is 1.11 bits per heavy atom. The van der Waals surface area contributed by atoms with Gasteiger partial charge in [-0.05, 0) is 32.6 Å². The van der Waals surface area contributed by atoms with Gasteiger partial charge in [0.05, 0.1) is 10.5 Å². The van der Waals surface area contributed by atoms with Crippen LogP contribution in [0.15, 0.2) is 0 Å². The number of halogens is 1. The van der Waals surface area contributed by atoms with Crippen LogP contribution in [0.4, 0.5) is 0 Å². The number of alkyl halides is 1. The first kappa shape index (κ1) is 18.2. The SMILES string of the molecule is CC(C)(C)C(CCCl)NCCS(=O)(=O)C(C)(C)C. The maximum Gasteiger partial charge on any atom is 0.156 e. The Bertz CT molecular complexity index is 339. The molecule has 0 aromatic heterocycles. The normalized spacial score (nSPS) is 15.7. The van der Waals surface area contributed by atoms with Crippen LogP contribution in [0, 0.1) is 5.41 Å². The molecule has 0 aromatic carbocycles. The van der Waals surface area contributed by atoms with Gasteiger partial charge >= 0.3 is 0 Å². The molecule has 0 aliphatic heterocycles. The van der Waals surface area contributed by atoms with Crippen molar-refractivity contribution in [2.45, 2.75) is 58.8 Å². The predicted molar refractivity (Wildman–Crippen MR) is 80.1 cm³/mol. The summed E-state index contributed by atoms with van der Waals surface area (Å²) >= 11 is 5.79. The number of hydrogen-bond donors (Lipinski definition) is 1. The topological polar surface area (TPSA) is 46.2 Å². The zero-order valence-corrected chi connectivity index (χ0v) is 14.1. The van der Waals surface area contributed by atoms with Gasteiger partial charge in [-0.1, -0.05) is 20.8 Å². The third-order valence-electron chi connectivity index (χ3n) is 3.14. The van der Waals surface area contributed by atoms with E-state index in [0.717, 1.165) is 6.42 Å². The third kappa shape index (κ3) is 5.89. The van der Waals surface area contributed by atoms with Crippen LogP contribution in [0.5, 0.6) is 0 Å². The number of hydrogen-bond acceptors (Lipinski definition) is 3. The smallest absolute Gasteiger partial charge is 0.156 e. The minimum absolute atomic E-state index is 0.0837. The minimum Gasteiger partial charge on any atom is -0.312 e. The van der Waals surface area contributed by atoms with Crippen LogP contribution in [0.25, 0.3) is 0 Å². The molecular weight excluding hydrogens is 270 g/mol. The van der Waals surface area contributed by atoms with Crippen molar-refractivity contribution in [3.8, 4) is 0 Å². The van der Waals surface area contributed by atoms with Gasteiger partial charge in [-0.3, -0.25) is 0 Å². The maximum atomic E-state index is 12.0. The van der Waals surface area contributed by atoms with Crippen LogP contribution in [-0.4, -0.2) is 37.4 Å². The van der Waals surface area contributed by atoms with E-state index in [4.69, 9.17) is 11.6 Å². The largest absolute Gasteiger partial charge is 0.312 e. The van der Waals surface area contributed by atoms with Crippen LogP contribution in [0.1, 0.15) is 48.0 Å². The summed E-state index contributed by atoms with van der Waals surface area (Å²) in [6.45, 7) is 12.1. The van der Waals surface area contributed by atoms with Gasteiger partial charge in [-0.2, -0.15) is 0 Å². The van der Waals surface area contributed by atoms with Gasteiger partial charge in [0.25, 0.3) is 0 Å². The van der Waals surface area contributed by atoms with E-state index in [0.29, 0.717) is 12.4 Å². The van der Waals surface area contributed by atoms with Crippen LogP contribution in [0.3, 0.4) is 0 Å². The molecule has 0 aliphatic rings. The second-order valence-corrected chi connectivity index (χ2v) is 10.0. The minimum atomic E-state index is -3.05. The van der Waals surface area contributed by atoms with Crippen molar-refractivity contribution in [3.63, 3.8) is 0 Å². The quantitative estimate of drug-likeness (QED) is 0.767. The highest BCUT2D eigenvalue weighted by atomic mass is 35.5. The Hall–Kier alpha value is 0.200. The van der Waals surface area contributed by atoms with E-state index in [1.165, 1.54) is 0 Å². The molecule has 1 N–H and O–H groups in total. The second kappa shape index (κ2) is 6.58. The van der Waals surface area contributed by atoms with E-state index < -0.39 is 14.6 Å². The first-order chi connectivity index (χ1) is 7.92. The zero-order valence-electron chi connectivity index (χ0n) is 12.5. The number of sulfone groups is 1. The van der Waals surface area contributed by atoms with E-state index in [1.807, 2.05) is 0 Å². The van der Waals surface area contributed by atoms with E-state index >= 15 is 0 Å². The molecule has 0 spiro atoms. The molecule has 0 heterocycles. The van der Waals surface area contributed by atoms with Gasteiger partial charge < -0.3 is 5.32 Å². The molecular formula is C13H28ClNO2S. The summed E-state index contributed by atoms with van der Waals surface area (Å²) in [6, 6.07) is 0.241. The lowest BCUT2D eigenvalue weighted by Crippen LogP contribution is -2.44. The Morgan fingerprint density at radius 3 is 1.94 bits per heavy atom. The molecule has 5 heteroatoms. The van der Waals surface area contributed by atoms with E-state index in [1.54, 1.807) is 20.8 Å². The lowest BCUT2D eigenvalue weighted by Gasteiger charge is -2.31. The molecule has 3 nitrogen and oxygen atoms in total. The fourth-order valence-corrected chi connectivity index (χ4v) is 2.84. The monoisotopic (exact) mass is 297 g/mol. The average molecular weight is 298 g/mol. The number of rotatable bonds is 6. The fraction of sp³-hybridized carbons (Fsp3) is 1.00. The highest BCUT2D eigenvalue weighted by Crippen LogP contribution is 2.22. The van der Waals surface area contributed by atoms with Gasteiger partial charge in [0.15, 0.2) is 9.84 Å². The molecule has 0 saturated heterocycles. The van der Waals surface area contributed by atoms with Gasteiger partial charge in [0, 0.05) is 18.5 Å². The second-order valence-electron chi connectivity index (χ2n) is 6.78. The van der Waals surface area contributed by atoms with Gasteiger partial charge in [0.2, 0.25) is 0 Å². The van der Waals surface area contributed by atoms with Crippen LogP contribution in [-0.2, 0) is 9.84 Å². The predicted octanol–water partition coefficient (Wildman–Crippen LogP) is 2.83. The Kier molecular flexibility index (Phi) is 6.65. The summed E-state index contributed by atoms with van der Waals surface area (Å²) in [6.07, 6.45) is 0.848. The lowest BCUT2D eigenvalue weighted by molar-refractivity contribution is 0.266. The first-order valence-corrected chi connectivity index (χ1v) is 8.62. The van der Waals surface area contributed by atoms with Crippen molar-refractivity contribution in [2.75, 3.05) is 18.2 Å². The highest BCUT2D eigenvalue weighted by molar-refractivity contribution is 7.92. The number of nitrogens with one attached hydrogen (secondary N) is 1. The molecule has 0 aliphatic carbocycles. The summed E-state index contributed by atoms with van der Waals surface area (Å²) in [5, 5.41) is 3.33. The third-order valence-corrected chi connectivity index (χ3v) is 5.96. The Balaban J connectivity index is 4.41. The summed E-state index contributed by atoms with van der Waals surface area (Å²) in [5.74, 6) is 0.756. The Morgan fingerprint density at radius 2 is 1.61 bits per heavy atom. The highest BCUT2D eigenvalue weighted by Gasteiger charge is 2.29. The molecule has 0 bridgehead atoms. The van der Waals surface area contributed by atoms with Crippen LogP contribution in [0.2, 0.25) is 0 Å². The van der Waals surface area contributed by atoms with Crippen LogP contribution >= 0.6 is 11.6 Å². The maximum absolute atomic E-state index is 12.0. The summed E-state index contributed by atoms with van der Waals surface area (Å²) in [7, 11) is -3.05. The molecule has 18 heavy (non-hydrogen) atoms. The van der Waals surface area contributed by atoms with Crippen molar-refractivity contribution >= 4 is 21.4 Å². The molecule has 0 fully saturated rings.